The van der Waals surface area contributed by atoms with Crippen LogP contribution in [0.1, 0.15) is 21.2 Å². The topological polar surface area (TPSA) is 84.9 Å². The fourth-order valence-corrected chi connectivity index (χ4v) is 5.91. The lowest BCUT2D eigenvalue weighted by molar-refractivity contribution is -0.127. The van der Waals surface area contributed by atoms with Crippen LogP contribution >= 0.6 is 34.5 Å². The van der Waals surface area contributed by atoms with Crippen LogP contribution in [0.3, 0.4) is 0 Å². The predicted octanol–water partition coefficient (Wildman–Crippen LogP) is 6.13. The number of ether oxygens (including phenoxy) is 2. The monoisotopic (exact) mass is 527 g/mol. The van der Waals surface area contributed by atoms with Gasteiger partial charge in [-0.15, -0.1) is 22.9 Å². The number of Topliss-reactive ketones (excluding diaryl/α,β-unsaturated/α-hetero) is 1. The van der Waals surface area contributed by atoms with Crippen LogP contribution in [0.15, 0.2) is 66.7 Å². The van der Waals surface area contributed by atoms with Crippen molar-refractivity contribution in [3.8, 4) is 23.0 Å². The smallest absolute Gasteiger partial charge is 0.263 e. The zero-order valence-corrected chi connectivity index (χ0v) is 20.7. The van der Waals surface area contributed by atoms with Crippen LogP contribution in [-0.4, -0.2) is 35.3 Å². The van der Waals surface area contributed by atoms with E-state index in [2.05, 4.69) is 5.32 Å². The zero-order valence-electron chi connectivity index (χ0n) is 18.3. The number of fused-ring (bicyclic) bond motifs is 1. The van der Waals surface area contributed by atoms with Crippen LogP contribution in [0.25, 0.3) is 10.1 Å². The molecule has 1 heterocycles. The van der Waals surface area contributed by atoms with E-state index in [0.717, 1.165) is 4.70 Å². The van der Waals surface area contributed by atoms with E-state index in [4.69, 9.17) is 32.7 Å². The second kappa shape index (κ2) is 9.41. The van der Waals surface area contributed by atoms with Gasteiger partial charge in [-0.2, -0.15) is 0 Å². The maximum atomic E-state index is 13.1. The molecule has 1 aliphatic carbocycles. The summed E-state index contributed by atoms with van der Waals surface area (Å²) < 4.78 is 11.8. The Bertz CT molecular complexity index is 1440. The molecule has 3 unspecified atom stereocenters. The highest BCUT2D eigenvalue weighted by Crippen LogP contribution is 2.42. The number of carbonyl (C=O) groups is 2. The summed E-state index contributed by atoms with van der Waals surface area (Å²) in [6.07, 6.45) is 0. The number of phenols is 1. The summed E-state index contributed by atoms with van der Waals surface area (Å²) in [4.78, 5) is 26.0. The first-order chi connectivity index (χ1) is 16.9. The van der Waals surface area contributed by atoms with Crippen molar-refractivity contribution in [1.29, 1.82) is 0 Å². The first kappa shape index (κ1) is 23.5. The number of methoxy groups -OCH3 is 1. The van der Waals surface area contributed by atoms with E-state index in [1.165, 1.54) is 24.5 Å². The van der Waals surface area contributed by atoms with Gasteiger partial charge in [-0.3, -0.25) is 9.59 Å². The molecule has 0 saturated heterocycles. The molecule has 0 radical (unpaired) electrons. The number of carbonyl (C=O) groups excluding carboxylic acids is 2. The molecule has 178 valence electrons. The van der Waals surface area contributed by atoms with Gasteiger partial charge in [0.25, 0.3) is 5.91 Å². The first-order valence-corrected chi connectivity index (χ1v) is 12.3. The van der Waals surface area contributed by atoms with Crippen molar-refractivity contribution in [2.24, 2.45) is 0 Å². The van der Waals surface area contributed by atoms with Gasteiger partial charge >= 0.3 is 0 Å². The average Bonchev–Trinajstić information content (AvgIpc) is 3.20. The molecule has 0 aliphatic heterocycles. The van der Waals surface area contributed by atoms with E-state index < -0.39 is 23.2 Å². The summed E-state index contributed by atoms with van der Waals surface area (Å²) in [7, 11) is 1.43. The first-order valence-electron chi connectivity index (χ1n) is 10.7. The average molecular weight is 528 g/mol. The minimum atomic E-state index is -0.822. The number of halogens is 2. The standard InChI is InChI=1S/C26H19Cl2NO5S/c1-33-18-11-13(7-9-17(18)30)20-22(28)24(31)23(20)29-26(32)25-21(27)16-12-15(8-10-19(16)35-25)34-14-5-3-2-4-6-14/h2-12,20,22-23,30H,1H3,(H,29,32). The van der Waals surface area contributed by atoms with Crippen LogP contribution in [-0.2, 0) is 4.79 Å². The highest BCUT2D eigenvalue weighted by atomic mass is 35.5. The number of amides is 1. The van der Waals surface area contributed by atoms with Gasteiger partial charge in [0.1, 0.15) is 21.8 Å². The molecule has 3 atom stereocenters. The maximum absolute atomic E-state index is 13.1. The number of para-hydroxylation sites is 1. The van der Waals surface area contributed by atoms with E-state index in [9.17, 15) is 14.7 Å². The van der Waals surface area contributed by atoms with Crippen molar-refractivity contribution < 1.29 is 24.2 Å². The summed E-state index contributed by atoms with van der Waals surface area (Å²) in [5.74, 6) is 0.301. The molecule has 4 aromatic rings. The molecule has 3 aromatic carbocycles. The fourth-order valence-electron chi connectivity index (χ4n) is 4.09. The van der Waals surface area contributed by atoms with E-state index in [-0.39, 0.29) is 22.3 Å². The third kappa shape index (κ3) is 4.31. The lowest BCUT2D eigenvalue weighted by Crippen LogP contribution is -2.60. The summed E-state index contributed by atoms with van der Waals surface area (Å²) in [6, 6.07) is 18.7. The molecule has 0 bridgehead atoms. The molecule has 1 aliphatic rings. The summed E-state index contributed by atoms with van der Waals surface area (Å²) in [5.41, 5.74) is 0.676. The van der Waals surface area contributed by atoms with Gasteiger partial charge in [-0.1, -0.05) is 35.9 Å². The van der Waals surface area contributed by atoms with E-state index in [1.54, 1.807) is 18.2 Å². The van der Waals surface area contributed by atoms with Gasteiger partial charge in [0.2, 0.25) is 0 Å². The second-order valence-corrected chi connectivity index (χ2v) is 9.93. The second-order valence-electron chi connectivity index (χ2n) is 8.03. The number of ketones is 1. The summed E-state index contributed by atoms with van der Waals surface area (Å²) >= 11 is 14.1. The molecule has 1 amide bonds. The van der Waals surface area contributed by atoms with Crippen molar-refractivity contribution in [2.75, 3.05) is 7.11 Å². The molecule has 0 spiro atoms. The van der Waals surface area contributed by atoms with Crippen LogP contribution in [0, 0.1) is 0 Å². The Morgan fingerprint density at radius 1 is 1.06 bits per heavy atom. The number of alkyl halides is 1. The molecular formula is C26H19Cl2NO5S. The molecule has 35 heavy (non-hydrogen) atoms. The Morgan fingerprint density at radius 3 is 2.57 bits per heavy atom. The van der Waals surface area contributed by atoms with Gasteiger partial charge in [-0.05, 0) is 48.0 Å². The van der Waals surface area contributed by atoms with Crippen molar-refractivity contribution in [1.82, 2.24) is 5.32 Å². The van der Waals surface area contributed by atoms with Gasteiger partial charge in [0.05, 0.1) is 18.2 Å². The highest BCUT2D eigenvalue weighted by Gasteiger charge is 2.50. The Hall–Kier alpha value is -3.26. The lowest BCUT2D eigenvalue weighted by Gasteiger charge is -2.40. The Morgan fingerprint density at radius 2 is 1.83 bits per heavy atom. The third-order valence-corrected chi connectivity index (χ3v) is 8.07. The Kier molecular flexibility index (Phi) is 6.32. The molecule has 1 fully saturated rings. The Balaban J connectivity index is 1.38. The predicted molar refractivity (Wildman–Crippen MR) is 137 cm³/mol. The van der Waals surface area contributed by atoms with E-state index in [0.29, 0.717) is 27.3 Å². The maximum Gasteiger partial charge on any atom is 0.263 e. The van der Waals surface area contributed by atoms with Gasteiger partial charge < -0.3 is 19.9 Å². The number of aromatic hydroxyl groups is 1. The quantitative estimate of drug-likeness (QED) is 0.294. The van der Waals surface area contributed by atoms with Crippen molar-refractivity contribution >= 4 is 56.3 Å². The number of hydrogen-bond acceptors (Lipinski definition) is 6. The zero-order chi connectivity index (χ0) is 24.7. The molecule has 1 aromatic heterocycles. The molecule has 5 rings (SSSR count). The molecule has 6 nitrogen and oxygen atoms in total. The van der Waals surface area contributed by atoms with Crippen LogP contribution in [0.2, 0.25) is 5.02 Å². The third-order valence-electron chi connectivity index (χ3n) is 5.91. The van der Waals surface area contributed by atoms with Gasteiger partial charge in [0, 0.05) is 16.0 Å². The van der Waals surface area contributed by atoms with Crippen LogP contribution in [0.5, 0.6) is 23.0 Å². The minimum Gasteiger partial charge on any atom is -0.504 e. The fraction of sp³-hybridized carbons (Fsp3) is 0.154. The molecule has 2 N–H and O–H groups in total. The summed E-state index contributed by atoms with van der Waals surface area (Å²) in [5, 5.41) is 12.8. The van der Waals surface area contributed by atoms with Gasteiger partial charge in [-0.25, -0.2) is 0 Å². The normalized spacial score (nSPS) is 19.3. The van der Waals surface area contributed by atoms with Crippen molar-refractivity contribution in [3.05, 3.63) is 82.2 Å². The van der Waals surface area contributed by atoms with Crippen LogP contribution < -0.4 is 14.8 Å². The number of hydrogen-bond donors (Lipinski definition) is 2. The van der Waals surface area contributed by atoms with Crippen molar-refractivity contribution in [2.45, 2.75) is 17.3 Å². The number of phenolic OH excluding ortho intramolecular Hbond substituents is 1. The minimum absolute atomic E-state index is 0.0266. The van der Waals surface area contributed by atoms with E-state index >= 15 is 0 Å². The van der Waals surface area contributed by atoms with Gasteiger partial charge in [0.15, 0.2) is 17.3 Å². The largest absolute Gasteiger partial charge is 0.504 e. The number of benzene rings is 3. The number of thiophene rings is 1. The lowest BCUT2D eigenvalue weighted by atomic mass is 9.73. The SMILES string of the molecule is COc1cc(C2C(Cl)C(=O)C2NC(=O)c2sc3ccc(Oc4ccccc4)cc3c2Cl)ccc1O. The highest BCUT2D eigenvalue weighted by molar-refractivity contribution is 7.21. The number of rotatable bonds is 6. The Labute approximate surface area is 215 Å². The molecule has 9 heteroatoms. The van der Waals surface area contributed by atoms with E-state index in [1.807, 2.05) is 42.5 Å². The van der Waals surface area contributed by atoms with Crippen molar-refractivity contribution in [3.63, 3.8) is 0 Å². The number of nitrogens with one attached hydrogen (secondary N) is 1. The summed E-state index contributed by atoms with van der Waals surface area (Å²) in [6.45, 7) is 0. The molecule has 1 saturated carbocycles. The molecular weight excluding hydrogens is 509 g/mol. The van der Waals surface area contributed by atoms with Crippen LogP contribution in [0.4, 0.5) is 0 Å².